The summed E-state index contributed by atoms with van der Waals surface area (Å²) in [7, 11) is 3.30. The van der Waals surface area contributed by atoms with Crippen LogP contribution in [0, 0.1) is 11.7 Å². The predicted molar refractivity (Wildman–Crippen MR) is 124 cm³/mol. The third-order valence-corrected chi connectivity index (χ3v) is 5.63. The molecule has 3 aromatic rings. The van der Waals surface area contributed by atoms with Crippen LogP contribution in [-0.4, -0.2) is 36.5 Å². The summed E-state index contributed by atoms with van der Waals surface area (Å²) in [6, 6.07) is 4.71. The molecule has 0 atom stereocenters. The lowest BCUT2D eigenvalue weighted by Gasteiger charge is -2.20. The number of hydrogen-bond acceptors (Lipinski definition) is 5. The topological polar surface area (TPSA) is 90.1 Å². The van der Waals surface area contributed by atoms with Gasteiger partial charge in [-0.1, -0.05) is 0 Å². The predicted octanol–water partition coefficient (Wildman–Crippen LogP) is 4.54. The summed E-state index contributed by atoms with van der Waals surface area (Å²) in [5.41, 5.74) is -1.78. The Morgan fingerprint density at radius 3 is 2.54 bits per heavy atom. The highest BCUT2D eigenvalue weighted by Gasteiger charge is 2.31. The lowest BCUT2D eigenvalue weighted by atomic mass is 10.0. The number of carbonyl (C=O) groups is 1. The molecule has 7 nitrogen and oxygen atoms in total. The fraction of sp³-hybridized carbons (Fsp3) is 0.292. The van der Waals surface area contributed by atoms with Gasteiger partial charge in [-0.25, -0.2) is 4.39 Å². The van der Waals surface area contributed by atoms with Gasteiger partial charge in [0.25, 0.3) is 11.5 Å². The van der Waals surface area contributed by atoms with Gasteiger partial charge in [0.15, 0.2) is 0 Å². The van der Waals surface area contributed by atoms with E-state index in [9.17, 15) is 27.2 Å². The molecule has 0 unspecified atom stereocenters. The van der Waals surface area contributed by atoms with Gasteiger partial charge in [-0.05, 0) is 49.1 Å². The number of alkyl halides is 3. The Balaban J connectivity index is 1.76. The number of pyridine rings is 2. The first-order valence-electron chi connectivity index (χ1n) is 10.9. The second-order valence-corrected chi connectivity index (χ2v) is 8.56. The minimum atomic E-state index is -4.71. The van der Waals surface area contributed by atoms with E-state index in [1.807, 2.05) is 0 Å². The average molecular weight is 489 g/mol. The zero-order chi connectivity index (χ0) is 25.3. The fourth-order valence-corrected chi connectivity index (χ4v) is 3.56. The van der Waals surface area contributed by atoms with Crippen LogP contribution in [0.15, 0.2) is 47.5 Å². The molecule has 0 radical (unpaired) electrons. The number of aromatic nitrogens is 2. The van der Waals surface area contributed by atoms with Crippen molar-refractivity contribution in [1.29, 1.82) is 0 Å². The second-order valence-electron chi connectivity index (χ2n) is 8.56. The molecular formula is C24H23F4N5O2. The van der Waals surface area contributed by atoms with Gasteiger partial charge < -0.3 is 20.5 Å². The minimum Gasteiger partial charge on any atom is -0.362 e. The average Bonchev–Trinajstić information content (AvgIpc) is 3.63. The number of aromatic amines is 1. The zero-order valence-corrected chi connectivity index (χ0v) is 19.0. The summed E-state index contributed by atoms with van der Waals surface area (Å²) in [6.45, 7) is 0.549. The Labute approximate surface area is 198 Å². The van der Waals surface area contributed by atoms with E-state index in [1.54, 1.807) is 25.1 Å². The highest BCUT2D eigenvalue weighted by Crippen LogP contribution is 2.35. The van der Waals surface area contributed by atoms with Gasteiger partial charge in [-0.3, -0.25) is 14.6 Å². The molecule has 1 aliphatic rings. The van der Waals surface area contributed by atoms with Crippen LogP contribution in [-0.2, 0) is 6.18 Å². The van der Waals surface area contributed by atoms with Gasteiger partial charge in [0.2, 0.25) is 0 Å². The van der Waals surface area contributed by atoms with Crippen LogP contribution in [0.4, 0.5) is 34.8 Å². The number of H-pyrrole nitrogens is 1. The van der Waals surface area contributed by atoms with Crippen molar-refractivity contribution in [3.05, 3.63) is 70.0 Å². The molecule has 1 aromatic carbocycles. The maximum Gasteiger partial charge on any atom is 0.416 e. The van der Waals surface area contributed by atoms with Crippen molar-refractivity contribution in [2.75, 3.05) is 30.9 Å². The molecule has 3 N–H and O–H groups in total. The van der Waals surface area contributed by atoms with Gasteiger partial charge >= 0.3 is 6.18 Å². The Morgan fingerprint density at radius 1 is 1.14 bits per heavy atom. The number of amides is 1. The molecule has 0 saturated heterocycles. The summed E-state index contributed by atoms with van der Waals surface area (Å²) in [5.74, 6) is -0.563. The molecule has 1 fully saturated rings. The van der Waals surface area contributed by atoms with E-state index in [0.29, 0.717) is 36.3 Å². The highest BCUT2D eigenvalue weighted by molar-refractivity contribution is 6.00. The molecule has 0 bridgehead atoms. The van der Waals surface area contributed by atoms with E-state index >= 15 is 0 Å². The maximum atomic E-state index is 14.6. The van der Waals surface area contributed by atoms with E-state index < -0.39 is 28.7 Å². The number of hydrogen-bond donors (Lipinski definition) is 3. The first kappa shape index (κ1) is 24.2. The van der Waals surface area contributed by atoms with E-state index in [2.05, 4.69) is 20.6 Å². The molecule has 2 heterocycles. The lowest BCUT2D eigenvalue weighted by molar-refractivity contribution is -0.137. The van der Waals surface area contributed by atoms with Gasteiger partial charge in [0.05, 0.1) is 28.1 Å². The number of anilines is 3. The number of carbonyl (C=O) groups excluding carboxylic acids is 1. The summed E-state index contributed by atoms with van der Waals surface area (Å²) < 4.78 is 54.2. The molecular weight excluding hydrogens is 466 g/mol. The molecule has 1 aliphatic carbocycles. The maximum absolute atomic E-state index is 14.6. The fourth-order valence-electron chi connectivity index (χ4n) is 3.56. The van der Waals surface area contributed by atoms with Crippen LogP contribution in [0.1, 0.15) is 28.8 Å². The van der Waals surface area contributed by atoms with E-state index in [0.717, 1.165) is 12.8 Å². The van der Waals surface area contributed by atoms with Crippen LogP contribution in [0.25, 0.3) is 11.1 Å². The number of nitrogens with zero attached hydrogens (tertiary/aromatic N) is 2. The van der Waals surface area contributed by atoms with E-state index in [4.69, 9.17) is 0 Å². The van der Waals surface area contributed by atoms with Crippen LogP contribution in [0.3, 0.4) is 0 Å². The molecule has 4 rings (SSSR count). The summed E-state index contributed by atoms with van der Waals surface area (Å²) in [4.78, 5) is 33.6. The zero-order valence-electron chi connectivity index (χ0n) is 19.0. The van der Waals surface area contributed by atoms with Crippen LogP contribution < -0.4 is 21.1 Å². The Hall–Kier alpha value is -3.89. The van der Waals surface area contributed by atoms with Crippen molar-refractivity contribution in [3.63, 3.8) is 0 Å². The van der Waals surface area contributed by atoms with Crippen LogP contribution in [0.5, 0.6) is 0 Å². The molecule has 2 aromatic heterocycles. The molecule has 1 amide bonds. The number of rotatable bonds is 7. The molecule has 0 aliphatic heterocycles. The van der Waals surface area contributed by atoms with Crippen LogP contribution >= 0.6 is 0 Å². The number of halogens is 4. The Morgan fingerprint density at radius 2 is 1.89 bits per heavy atom. The highest BCUT2D eigenvalue weighted by atomic mass is 19.4. The van der Waals surface area contributed by atoms with Crippen molar-refractivity contribution in [3.8, 4) is 11.1 Å². The summed E-state index contributed by atoms with van der Waals surface area (Å²) in [5, 5.41) is 5.91. The molecule has 11 heteroatoms. The number of nitrogens with one attached hydrogen (secondary N) is 3. The standard InChI is InChI=1S/C24H23F4N5O2/c1-33(2)21-20(31-19-7-8-29-12-17(19)22(34)30-11-13-3-4-13)10-16(23(35)32-21)15-9-14(24(26,27)28)5-6-18(15)25/h5-10,12-13H,3-4,11H2,1-2H3,(H,29,31)(H,30,34)(H,32,35). The van der Waals surface area contributed by atoms with Crippen molar-refractivity contribution in [2.24, 2.45) is 5.92 Å². The van der Waals surface area contributed by atoms with Crippen LogP contribution in [0.2, 0.25) is 0 Å². The van der Waals surface area contributed by atoms with Crippen molar-refractivity contribution in [2.45, 2.75) is 19.0 Å². The summed E-state index contributed by atoms with van der Waals surface area (Å²) >= 11 is 0. The number of benzene rings is 1. The third-order valence-electron chi connectivity index (χ3n) is 5.63. The molecule has 0 spiro atoms. The minimum absolute atomic E-state index is 0.246. The molecule has 184 valence electrons. The molecule has 35 heavy (non-hydrogen) atoms. The quantitative estimate of drug-likeness (QED) is 0.424. The van der Waals surface area contributed by atoms with Gasteiger partial charge in [0.1, 0.15) is 11.6 Å². The SMILES string of the molecule is CN(C)c1[nH]c(=O)c(-c2cc(C(F)(F)F)ccc2F)cc1Nc1ccncc1C(=O)NCC1CC1. The Kier molecular flexibility index (Phi) is 6.51. The lowest BCUT2D eigenvalue weighted by Crippen LogP contribution is -2.26. The third kappa shape index (κ3) is 5.44. The van der Waals surface area contributed by atoms with E-state index in [-0.39, 0.29) is 28.5 Å². The van der Waals surface area contributed by atoms with Crippen molar-refractivity contribution in [1.82, 2.24) is 15.3 Å². The van der Waals surface area contributed by atoms with E-state index in [1.165, 1.54) is 18.5 Å². The van der Waals surface area contributed by atoms with Gasteiger partial charge in [-0.15, -0.1) is 0 Å². The normalized spacial score (nSPS) is 13.4. The van der Waals surface area contributed by atoms with Crippen molar-refractivity contribution >= 4 is 23.1 Å². The van der Waals surface area contributed by atoms with Gasteiger partial charge in [-0.2, -0.15) is 13.2 Å². The smallest absolute Gasteiger partial charge is 0.362 e. The largest absolute Gasteiger partial charge is 0.416 e. The van der Waals surface area contributed by atoms with Gasteiger partial charge in [0, 0.05) is 38.6 Å². The molecule has 1 saturated carbocycles. The first-order chi connectivity index (χ1) is 16.5. The van der Waals surface area contributed by atoms with Crippen molar-refractivity contribution < 1.29 is 22.4 Å². The summed E-state index contributed by atoms with van der Waals surface area (Å²) in [6.07, 6.45) is 0.279. The first-order valence-corrected chi connectivity index (χ1v) is 10.9. The second kappa shape index (κ2) is 9.40. The monoisotopic (exact) mass is 489 g/mol. The Bertz CT molecular complexity index is 1320.